The van der Waals surface area contributed by atoms with E-state index >= 15 is 0 Å². The van der Waals surface area contributed by atoms with Gasteiger partial charge < -0.3 is 10.4 Å². The SMILES string of the molecule is O=C(O)CNC(=O)CN1C(=O)c2ccccc2C1=O. The third-order valence-electron chi connectivity index (χ3n) is 2.62. The Morgan fingerprint density at radius 1 is 1.11 bits per heavy atom. The summed E-state index contributed by atoms with van der Waals surface area (Å²) in [5.41, 5.74) is 0.497. The fourth-order valence-electron chi connectivity index (χ4n) is 1.76. The summed E-state index contributed by atoms with van der Waals surface area (Å²) in [6.45, 7) is -1.04. The van der Waals surface area contributed by atoms with Gasteiger partial charge in [0.1, 0.15) is 13.1 Å². The van der Waals surface area contributed by atoms with Gasteiger partial charge in [-0.15, -0.1) is 0 Å². The maximum Gasteiger partial charge on any atom is 0.322 e. The van der Waals surface area contributed by atoms with Crippen LogP contribution in [0.2, 0.25) is 0 Å². The molecule has 7 nitrogen and oxygen atoms in total. The van der Waals surface area contributed by atoms with Gasteiger partial charge in [-0.1, -0.05) is 12.1 Å². The molecule has 1 aliphatic rings. The molecule has 0 spiro atoms. The highest BCUT2D eigenvalue weighted by Gasteiger charge is 2.36. The van der Waals surface area contributed by atoms with Crippen LogP contribution in [0.25, 0.3) is 0 Å². The molecule has 0 unspecified atom stereocenters. The zero-order valence-corrected chi connectivity index (χ0v) is 9.75. The Morgan fingerprint density at radius 2 is 1.63 bits per heavy atom. The molecule has 0 saturated heterocycles. The first-order valence-corrected chi connectivity index (χ1v) is 5.44. The lowest BCUT2D eigenvalue weighted by Crippen LogP contribution is -2.41. The Morgan fingerprint density at radius 3 is 2.11 bits per heavy atom. The first-order valence-electron chi connectivity index (χ1n) is 5.44. The Kier molecular flexibility index (Phi) is 3.28. The number of carboxylic acids is 1. The first-order chi connectivity index (χ1) is 9.00. The summed E-state index contributed by atoms with van der Waals surface area (Å²) in [4.78, 5) is 46.3. The molecule has 1 heterocycles. The zero-order chi connectivity index (χ0) is 14.0. The molecule has 19 heavy (non-hydrogen) atoms. The number of carboxylic acid groups (broad SMARTS) is 1. The number of carbonyl (C=O) groups is 4. The van der Waals surface area contributed by atoms with Crippen molar-refractivity contribution < 1.29 is 24.3 Å². The van der Waals surface area contributed by atoms with Crippen molar-refractivity contribution >= 4 is 23.7 Å². The Hall–Kier alpha value is -2.70. The average molecular weight is 262 g/mol. The van der Waals surface area contributed by atoms with Gasteiger partial charge in [0.2, 0.25) is 5.91 Å². The van der Waals surface area contributed by atoms with Crippen molar-refractivity contribution in [3.05, 3.63) is 35.4 Å². The summed E-state index contributed by atoms with van der Waals surface area (Å²) < 4.78 is 0. The molecule has 0 bridgehead atoms. The van der Waals surface area contributed by atoms with Gasteiger partial charge >= 0.3 is 5.97 Å². The molecule has 98 valence electrons. The van der Waals surface area contributed by atoms with Crippen LogP contribution >= 0.6 is 0 Å². The minimum absolute atomic E-state index is 0.249. The van der Waals surface area contributed by atoms with E-state index in [1.165, 1.54) is 12.1 Å². The third kappa shape index (κ3) is 2.44. The van der Waals surface area contributed by atoms with Gasteiger partial charge in [-0.2, -0.15) is 0 Å². The number of rotatable bonds is 4. The summed E-state index contributed by atoms with van der Waals surface area (Å²) in [6, 6.07) is 6.26. The number of benzene rings is 1. The highest BCUT2D eigenvalue weighted by molar-refractivity contribution is 6.22. The van der Waals surface area contributed by atoms with Crippen molar-refractivity contribution in [3.63, 3.8) is 0 Å². The normalized spacial score (nSPS) is 13.4. The number of nitrogens with zero attached hydrogens (tertiary/aromatic N) is 1. The number of imide groups is 1. The maximum atomic E-state index is 11.9. The quantitative estimate of drug-likeness (QED) is 0.711. The summed E-state index contributed by atoms with van der Waals surface area (Å²) >= 11 is 0. The molecule has 0 radical (unpaired) electrons. The van der Waals surface area contributed by atoms with Gasteiger partial charge in [0.05, 0.1) is 11.1 Å². The molecule has 7 heteroatoms. The molecule has 0 fully saturated rings. The smallest absolute Gasteiger partial charge is 0.322 e. The van der Waals surface area contributed by atoms with E-state index in [1.807, 2.05) is 0 Å². The van der Waals surface area contributed by atoms with E-state index in [9.17, 15) is 19.2 Å². The number of hydrogen-bond donors (Lipinski definition) is 2. The molecular formula is C12H10N2O5. The Labute approximate surface area is 107 Å². The van der Waals surface area contributed by atoms with Crippen LogP contribution in [0.4, 0.5) is 0 Å². The van der Waals surface area contributed by atoms with Crippen LogP contribution in [-0.2, 0) is 9.59 Å². The van der Waals surface area contributed by atoms with Gasteiger partial charge in [-0.25, -0.2) is 0 Å². The van der Waals surface area contributed by atoms with Crippen molar-refractivity contribution in [3.8, 4) is 0 Å². The number of amides is 3. The van der Waals surface area contributed by atoms with E-state index in [2.05, 4.69) is 5.32 Å². The summed E-state index contributed by atoms with van der Waals surface area (Å²) in [5, 5.41) is 10.5. The summed E-state index contributed by atoms with van der Waals surface area (Å²) in [6.07, 6.45) is 0. The van der Waals surface area contributed by atoms with Gasteiger partial charge in [-0.3, -0.25) is 24.1 Å². The number of fused-ring (bicyclic) bond motifs is 1. The highest BCUT2D eigenvalue weighted by atomic mass is 16.4. The van der Waals surface area contributed by atoms with Crippen LogP contribution in [-0.4, -0.2) is 46.8 Å². The predicted octanol–water partition coefficient (Wildman–Crippen LogP) is -0.517. The van der Waals surface area contributed by atoms with Crippen molar-refractivity contribution in [2.45, 2.75) is 0 Å². The molecule has 2 rings (SSSR count). The second-order valence-corrected chi connectivity index (χ2v) is 3.91. The monoisotopic (exact) mass is 262 g/mol. The standard InChI is InChI=1S/C12H10N2O5/c15-9(13-5-10(16)17)6-14-11(18)7-3-1-2-4-8(7)12(14)19/h1-4H,5-6H2,(H,13,15)(H,16,17). The Bertz CT molecular complexity index is 546. The minimum Gasteiger partial charge on any atom is -0.480 e. The minimum atomic E-state index is -1.20. The molecule has 0 aliphatic carbocycles. The van der Waals surface area contributed by atoms with Crippen molar-refractivity contribution in [2.24, 2.45) is 0 Å². The van der Waals surface area contributed by atoms with Crippen LogP contribution in [0.5, 0.6) is 0 Å². The van der Waals surface area contributed by atoms with Gasteiger partial charge in [0.25, 0.3) is 11.8 Å². The largest absolute Gasteiger partial charge is 0.480 e. The third-order valence-corrected chi connectivity index (χ3v) is 2.62. The van der Waals surface area contributed by atoms with Crippen molar-refractivity contribution in [1.29, 1.82) is 0 Å². The molecule has 1 aromatic rings. The summed E-state index contributed by atoms with van der Waals surface area (Å²) in [7, 11) is 0. The summed E-state index contributed by atoms with van der Waals surface area (Å²) in [5.74, 6) is -3.00. The molecular weight excluding hydrogens is 252 g/mol. The molecule has 0 atom stereocenters. The first kappa shape index (κ1) is 12.7. The fourth-order valence-corrected chi connectivity index (χ4v) is 1.76. The van der Waals surface area contributed by atoms with Gasteiger partial charge in [0, 0.05) is 0 Å². The van der Waals surface area contributed by atoms with Crippen molar-refractivity contribution in [1.82, 2.24) is 10.2 Å². The maximum absolute atomic E-state index is 11.9. The van der Waals surface area contributed by atoms with Crippen LogP contribution in [0, 0.1) is 0 Å². The topological polar surface area (TPSA) is 104 Å². The Balaban J connectivity index is 2.08. The second kappa shape index (κ2) is 4.89. The van der Waals surface area contributed by atoms with Gasteiger partial charge in [0.15, 0.2) is 0 Å². The van der Waals surface area contributed by atoms with E-state index in [-0.39, 0.29) is 11.1 Å². The van der Waals surface area contributed by atoms with Crippen LogP contribution < -0.4 is 5.32 Å². The lowest BCUT2D eigenvalue weighted by Gasteiger charge is -2.12. The average Bonchev–Trinajstić information content (AvgIpc) is 2.62. The fraction of sp³-hybridized carbons (Fsp3) is 0.167. The number of aliphatic carboxylic acids is 1. The molecule has 1 aromatic carbocycles. The number of carbonyl (C=O) groups excluding carboxylic acids is 3. The lowest BCUT2D eigenvalue weighted by molar-refractivity contribution is -0.137. The lowest BCUT2D eigenvalue weighted by atomic mass is 10.1. The molecule has 2 N–H and O–H groups in total. The highest BCUT2D eigenvalue weighted by Crippen LogP contribution is 2.21. The van der Waals surface area contributed by atoms with Crippen LogP contribution in [0.3, 0.4) is 0 Å². The molecule has 3 amide bonds. The van der Waals surface area contributed by atoms with E-state index in [0.717, 1.165) is 4.90 Å². The van der Waals surface area contributed by atoms with E-state index < -0.39 is 36.8 Å². The molecule has 0 saturated carbocycles. The molecule has 0 aromatic heterocycles. The van der Waals surface area contributed by atoms with Gasteiger partial charge in [-0.05, 0) is 12.1 Å². The number of nitrogens with one attached hydrogen (secondary N) is 1. The second-order valence-electron chi connectivity index (χ2n) is 3.91. The molecule has 1 aliphatic heterocycles. The zero-order valence-electron chi connectivity index (χ0n) is 9.75. The van der Waals surface area contributed by atoms with E-state index in [0.29, 0.717) is 0 Å². The van der Waals surface area contributed by atoms with E-state index in [1.54, 1.807) is 12.1 Å². The van der Waals surface area contributed by atoms with Crippen LogP contribution in [0.1, 0.15) is 20.7 Å². The van der Waals surface area contributed by atoms with Crippen molar-refractivity contribution in [2.75, 3.05) is 13.1 Å². The van der Waals surface area contributed by atoms with Crippen LogP contribution in [0.15, 0.2) is 24.3 Å². The predicted molar refractivity (Wildman–Crippen MR) is 62.5 cm³/mol. The number of hydrogen-bond acceptors (Lipinski definition) is 4. The van der Waals surface area contributed by atoms with E-state index in [4.69, 9.17) is 5.11 Å².